The number of hydrogen-bond acceptors (Lipinski definition) is 4. The average molecular weight is 304 g/mol. The van der Waals surface area contributed by atoms with Gasteiger partial charge in [-0.1, -0.05) is 19.9 Å². The van der Waals surface area contributed by atoms with Crippen molar-refractivity contribution in [1.82, 2.24) is 0 Å². The van der Waals surface area contributed by atoms with Crippen LogP contribution in [0, 0.1) is 11.7 Å². The van der Waals surface area contributed by atoms with Gasteiger partial charge in [0.2, 0.25) is 0 Å². The maximum absolute atomic E-state index is 13.5. The third-order valence-electron chi connectivity index (χ3n) is 2.82. The summed E-state index contributed by atoms with van der Waals surface area (Å²) in [5.74, 6) is -3.17. The molecule has 0 fully saturated rings. The molecule has 0 aliphatic heterocycles. The molecule has 1 aromatic carbocycles. The first-order valence-electron chi connectivity index (χ1n) is 5.96. The second kappa shape index (κ2) is 6.21. The Morgan fingerprint density at radius 3 is 2.40 bits per heavy atom. The van der Waals surface area contributed by atoms with Gasteiger partial charge in [-0.3, -0.25) is 4.79 Å². The van der Waals surface area contributed by atoms with Gasteiger partial charge in [-0.25, -0.2) is 12.8 Å². The summed E-state index contributed by atoms with van der Waals surface area (Å²) in [5.41, 5.74) is 0.190. The van der Waals surface area contributed by atoms with Gasteiger partial charge in [0.1, 0.15) is 0 Å². The molecule has 7 heteroatoms. The first-order chi connectivity index (χ1) is 9.19. The predicted octanol–water partition coefficient (Wildman–Crippen LogP) is 1.86. The summed E-state index contributed by atoms with van der Waals surface area (Å²) >= 11 is 0. The number of aliphatic carboxylic acids is 1. The SMILES string of the molecule is COc1ccc(CS(=O)(=O)C(C(=O)O)C(C)C)cc1F. The fourth-order valence-corrected chi connectivity index (χ4v) is 3.94. The number of benzene rings is 1. The highest BCUT2D eigenvalue weighted by Crippen LogP contribution is 2.22. The van der Waals surface area contributed by atoms with Crippen molar-refractivity contribution in [3.05, 3.63) is 29.6 Å². The summed E-state index contributed by atoms with van der Waals surface area (Å²) in [6.45, 7) is 3.04. The largest absolute Gasteiger partial charge is 0.494 e. The van der Waals surface area contributed by atoms with Crippen LogP contribution in [0.25, 0.3) is 0 Å². The van der Waals surface area contributed by atoms with E-state index >= 15 is 0 Å². The van der Waals surface area contributed by atoms with Crippen molar-refractivity contribution in [3.8, 4) is 5.75 Å². The minimum absolute atomic E-state index is 0.00444. The van der Waals surface area contributed by atoms with Crippen LogP contribution in [0.15, 0.2) is 18.2 Å². The monoisotopic (exact) mass is 304 g/mol. The van der Waals surface area contributed by atoms with E-state index in [1.54, 1.807) is 0 Å². The van der Waals surface area contributed by atoms with E-state index in [2.05, 4.69) is 0 Å². The van der Waals surface area contributed by atoms with E-state index in [1.807, 2.05) is 0 Å². The normalized spacial score (nSPS) is 13.2. The Bertz CT molecular complexity index is 595. The van der Waals surface area contributed by atoms with Crippen molar-refractivity contribution in [2.45, 2.75) is 24.9 Å². The zero-order valence-corrected chi connectivity index (χ0v) is 12.3. The lowest BCUT2D eigenvalue weighted by Gasteiger charge is -2.17. The molecule has 0 amide bonds. The second-order valence-electron chi connectivity index (χ2n) is 4.78. The zero-order chi connectivity index (χ0) is 15.5. The van der Waals surface area contributed by atoms with Gasteiger partial charge in [0.25, 0.3) is 0 Å². The van der Waals surface area contributed by atoms with Crippen LogP contribution in [-0.2, 0) is 20.4 Å². The molecule has 0 heterocycles. The molecule has 0 aliphatic carbocycles. The van der Waals surface area contributed by atoms with Crippen molar-refractivity contribution < 1.29 is 27.4 Å². The molecule has 0 saturated carbocycles. The predicted molar refractivity (Wildman–Crippen MR) is 71.8 cm³/mol. The molecular weight excluding hydrogens is 287 g/mol. The standard InChI is InChI=1S/C13H17FO5S/c1-8(2)12(13(15)16)20(17,18)7-9-4-5-11(19-3)10(14)6-9/h4-6,8,12H,7H2,1-3H3,(H,15,16). The number of methoxy groups -OCH3 is 1. The van der Waals surface area contributed by atoms with Gasteiger partial charge in [-0.05, 0) is 23.6 Å². The number of carboxylic acid groups (broad SMARTS) is 1. The third-order valence-corrected chi connectivity index (χ3v) is 5.08. The molecule has 0 radical (unpaired) electrons. The number of carboxylic acids is 1. The summed E-state index contributed by atoms with van der Waals surface area (Å²) in [7, 11) is -2.62. The quantitative estimate of drug-likeness (QED) is 0.867. The molecule has 0 spiro atoms. The van der Waals surface area contributed by atoms with Crippen molar-refractivity contribution in [2.75, 3.05) is 7.11 Å². The molecule has 1 aromatic rings. The topological polar surface area (TPSA) is 80.7 Å². The Labute approximate surface area is 117 Å². The molecule has 0 aliphatic rings. The Morgan fingerprint density at radius 1 is 1.40 bits per heavy atom. The fraction of sp³-hybridized carbons (Fsp3) is 0.462. The Hall–Kier alpha value is -1.63. The summed E-state index contributed by atoms with van der Waals surface area (Å²) < 4.78 is 42.5. The molecule has 1 unspecified atom stereocenters. The van der Waals surface area contributed by atoms with Crippen LogP contribution in [0.1, 0.15) is 19.4 Å². The van der Waals surface area contributed by atoms with Crippen LogP contribution in [0.4, 0.5) is 4.39 Å². The minimum atomic E-state index is -3.92. The minimum Gasteiger partial charge on any atom is -0.494 e. The molecular formula is C13H17FO5S. The molecule has 20 heavy (non-hydrogen) atoms. The Kier molecular flexibility index (Phi) is 5.10. The highest BCUT2D eigenvalue weighted by molar-refractivity contribution is 7.92. The lowest BCUT2D eigenvalue weighted by Crippen LogP contribution is -2.35. The molecule has 0 saturated heterocycles. The summed E-state index contributed by atoms with van der Waals surface area (Å²) in [6.07, 6.45) is 0. The molecule has 0 aromatic heterocycles. The molecule has 1 atom stereocenters. The van der Waals surface area contributed by atoms with E-state index in [1.165, 1.54) is 33.1 Å². The van der Waals surface area contributed by atoms with Crippen LogP contribution in [-0.4, -0.2) is 31.9 Å². The number of hydrogen-bond donors (Lipinski definition) is 1. The average Bonchev–Trinajstić information content (AvgIpc) is 2.26. The van der Waals surface area contributed by atoms with E-state index in [-0.39, 0.29) is 11.3 Å². The lowest BCUT2D eigenvalue weighted by atomic mass is 10.1. The molecule has 112 valence electrons. The van der Waals surface area contributed by atoms with Gasteiger partial charge < -0.3 is 9.84 Å². The highest BCUT2D eigenvalue weighted by Gasteiger charge is 2.35. The van der Waals surface area contributed by atoms with Gasteiger partial charge in [-0.2, -0.15) is 0 Å². The van der Waals surface area contributed by atoms with Crippen LogP contribution in [0.2, 0.25) is 0 Å². The van der Waals surface area contributed by atoms with Crippen LogP contribution in [0.3, 0.4) is 0 Å². The second-order valence-corrected chi connectivity index (χ2v) is 6.90. The van der Waals surface area contributed by atoms with Gasteiger partial charge in [-0.15, -0.1) is 0 Å². The first kappa shape index (κ1) is 16.4. The van der Waals surface area contributed by atoms with Gasteiger partial charge >= 0.3 is 5.97 Å². The van der Waals surface area contributed by atoms with Crippen molar-refractivity contribution in [1.29, 1.82) is 0 Å². The van der Waals surface area contributed by atoms with Crippen LogP contribution < -0.4 is 4.74 Å². The van der Waals surface area contributed by atoms with Gasteiger partial charge in [0, 0.05) is 0 Å². The smallest absolute Gasteiger partial charge is 0.322 e. The van der Waals surface area contributed by atoms with Crippen LogP contribution in [0.5, 0.6) is 5.75 Å². The Morgan fingerprint density at radius 2 is 2.00 bits per heavy atom. The van der Waals surface area contributed by atoms with E-state index in [9.17, 15) is 17.6 Å². The fourth-order valence-electron chi connectivity index (χ4n) is 1.98. The van der Waals surface area contributed by atoms with E-state index in [0.29, 0.717) is 0 Å². The molecule has 1 N–H and O–H groups in total. The number of halogens is 1. The van der Waals surface area contributed by atoms with Crippen molar-refractivity contribution >= 4 is 15.8 Å². The maximum atomic E-state index is 13.5. The van der Waals surface area contributed by atoms with Crippen molar-refractivity contribution in [3.63, 3.8) is 0 Å². The number of carbonyl (C=O) groups is 1. The highest BCUT2D eigenvalue weighted by atomic mass is 32.2. The maximum Gasteiger partial charge on any atom is 0.322 e. The molecule has 0 bridgehead atoms. The summed E-state index contributed by atoms with van der Waals surface area (Å²) in [5, 5.41) is 7.51. The zero-order valence-electron chi connectivity index (χ0n) is 11.5. The Balaban J connectivity index is 3.07. The molecule has 5 nitrogen and oxygen atoms in total. The number of rotatable bonds is 6. The number of ether oxygens (including phenoxy) is 1. The van der Waals surface area contributed by atoms with Crippen molar-refractivity contribution in [2.24, 2.45) is 5.92 Å². The number of sulfone groups is 1. The van der Waals surface area contributed by atoms with E-state index in [0.717, 1.165) is 6.07 Å². The summed E-state index contributed by atoms with van der Waals surface area (Å²) in [6, 6.07) is 3.75. The van der Waals surface area contributed by atoms with E-state index in [4.69, 9.17) is 9.84 Å². The summed E-state index contributed by atoms with van der Waals surface area (Å²) in [4.78, 5) is 11.1. The van der Waals surface area contributed by atoms with Gasteiger partial charge in [0.15, 0.2) is 26.7 Å². The van der Waals surface area contributed by atoms with Crippen LogP contribution >= 0.6 is 0 Å². The lowest BCUT2D eigenvalue weighted by molar-refractivity contribution is -0.137. The van der Waals surface area contributed by atoms with E-state index < -0.39 is 38.5 Å². The van der Waals surface area contributed by atoms with Gasteiger partial charge in [0.05, 0.1) is 12.9 Å². The first-order valence-corrected chi connectivity index (χ1v) is 7.67. The third kappa shape index (κ3) is 3.69. The molecule has 1 rings (SSSR count).